The molecule has 0 amide bonds. The van der Waals surface area contributed by atoms with E-state index >= 15 is 0 Å². The van der Waals surface area contributed by atoms with Crippen LogP contribution in [0.1, 0.15) is 42.2 Å². The molecule has 1 aliphatic rings. The molecule has 0 radical (unpaired) electrons. The maximum absolute atomic E-state index is 12.6. The monoisotopic (exact) mass is 406 g/mol. The Hall–Kier alpha value is -1.59. The van der Waals surface area contributed by atoms with Crippen molar-refractivity contribution >= 4 is 49.2 Å². The van der Waals surface area contributed by atoms with E-state index in [1.165, 1.54) is 0 Å². The summed E-state index contributed by atoms with van der Waals surface area (Å²) in [6.45, 7) is 0. The predicted octanol–water partition coefficient (Wildman–Crippen LogP) is 3.80. The Morgan fingerprint density at radius 3 is 2.14 bits per heavy atom. The summed E-state index contributed by atoms with van der Waals surface area (Å²) in [6.07, 6.45) is 0. The van der Waals surface area contributed by atoms with Gasteiger partial charge in [0.1, 0.15) is 0 Å². The standard InChI is InChI=1S/C16H8Br2O3/c17-7-12(19)10-5-6-11-13(14(10)18)16(21)9-4-2-1-3-8(9)15(11)20/h1-6H,7H2. The smallest absolute Gasteiger partial charge is 0.195 e. The molecule has 0 heterocycles. The Bertz CT molecular complexity index is 809. The second-order valence-electron chi connectivity index (χ2n) is 4.61. The Morgan fingerprint density at radius 2 is 1.52 bits per heavy atom. The summed E-state index contributed by atoms with van der Waals surface area (Å²) in [4.78, 5) is 37.0. The molecular weight excluding hydrogens is 400 g/mol. The number of rotatable bonds is 2. The summed E-state index contributed by atoms with van der Waals surface area (Å²) in [5.41, 5.74) is 1.77. The van der Waals surface area contributed by atoms with E-state index in [2.05, 4.69) is 31.9 Å². The van der Waals surface area contributed by atoms with Crippen molar-refractivity contribution in [3.8, 4) is 0 Å². The fourth-order valence-electron chi connectivity index (χ4n) is 2.43. The molecule has 104 valence electrons. The fourth-order valence-corrected chi connectivity index (χ4v) is 3.48. The molecule has 0 saturated carbocycles. The quantitative estimate of drug-likeness (QED) is 0.479. The fraction of sp³-hybridized carbons (Fsp3) is 0.0625. The second kappa shape index (κ2) is 5.31. The topological polar surface area (TPSA) is 51.2 Å². The SMILES string of the molecule is O=C(CBr)c1ccc2c(c1Br)C(=O)c1ccccc1C2=O. The lowest BCUT2D eigenvalue weighted by Gasteiger charge is -2.19. The van der Waals surface area contributed by atoms with Crippen LogP contribution in [0.25, 0.3) is 0 Å². The molecule has 0 aromatic heterocycles. The van der Waals surface area contributed by atoms with Gasteiger partial charge < -0.3 is 0 Å². The molecule has 2 aromatic rings. The Morgan fingerprint density at radius 1 is 0.905 bits per heavy atom. The molecule has 0 spiro atoms. The highest BCUT2D eigenvalue weighted by Gasteiger charge is 2.32. The van der Waals surface area contributed by atoms with E-state index in [0.29, 0.717) is 26.7 Å². The zero-order chi connectivity index (χ0) is 15.1. The van der Waals surface area contributed by atoms with Gasteiger partial charge in [-0.25, -0.2) is 0 Å². The van der Waals surface area contributed by atoms with Crippen molar-refractivity contribution in [2.45, 2.75) is 0 Å². The number of halogens is 2. The van der Waals surface area contributed by atoms with Gasteiger partial charge in [-0.2, -0.15) is 0 Å². The third kappa shape index (κ3) is 2.12. The van der Waals surface area contributed by atoms with Crippen LogP contribution in [0.4, 0.5) is 0 Å². The summed E-state index contributed by atoms with van der Waals surface area (Å²) in [5, 5.41) is 0.156. The second-order valence-corrected chi connectivity index (χ2v) is 5.96. The summed E-state index contributed by atoms with van der Waals surface area (Å²) in [6, 6.07) is 9.84. The van der Waals surface area contributed by atoms with Gasteiger partial charge in [0.15, 0.2) is 17.3 Å². The molecule has 0 fully saturated rings. The van der Waals surface area contributed by atoms with E-state index in [9.17, 15) is 14.4 Å². The van der Waals surface area contributed by atoms with Gasteiger partial charge in [-0.05, 0) is 28.1 Å². The predicted molar refractivity (Wildman–Crippen MR) is 85.6 cm³/mol. The van der Waals surface area contributed by atoms with E-state index in [-0.39, 0.29) is 28.2 Å². The number of alkyl halides is 1. The van der Waals surface area contributed by atoms with Crippen molar-refractivity contribution in [2.75, 3.05) is 5.33 Å². The maximum Gasteiger partial charge on any atom is 0.195 e. The number of ketones is 3. The highest BCUT2D eigenvalue weighted by molar-refractivity contribution is 9.10. The lowest BCUT2D eigenvalue weighted by atomic mass is 9.83. The van der Waals surface area contributed by atoms with Gasteiger partial charge in [-0.1, -0.05) is 40.2 Å². The summed E-state index contributed by atoms with van der Waals surface area (Å²) < 4.78 is 0.386. The number of benzene rings is 2. The summed E-state index contributed by atoms with van der Waals surface area (Å²) >= 11 is 6.43. The lowest BCUT2D eigenvalue weighted by molar-refractivity contribution is 0.0977. The molecule has 0 N–H and O–H groups in total. The third-order valence-corrected chi connectivity index (χ3v) is 4.78. The molecule has 0 aliphatic heterocycles. The molecule has 3 rings (SSSR count). The normalized spacial score (nSPS) is 12.9. The first-order valence-electron chi connectivity index (χ1n) is 6.16. The van der Waals surface area contributed by atoms with E-state index in [4.69, 9.17) is 0 Å². The average molecular weight is 408 g/mol. The number of fused-ring (bicyclic) bond motifs is 2. The number of hydrogen-bond donors (Lipinski definition) is 0. The molecule has 3 nitrogen and oxygen atoms in total. The van der Waals surface area contributed by atoms with Crippen molar-refractivity contribution in [1.29, 1.82) is 0 Å². The Labute approximate surface area is 137 Å². The summed E-state index contributed by atoms with van der Waals surface area (Å²) in [5.74, 6) is -0.584. The van der Waals surface area contributed by atoms with Crippen LogP contribution in [0, 0.1) is 0 Å². The lowest BCUT2D eigenvalue weighted by Crippen LogP contribution is -2.22. The number of carbonyl (C=O) groups excluding carboxylic acids is 3. The van der Waals surface area contributed by atoms with Crippen LogP contribution < -0.4 is 0 Å². The molecule has 0 atom stereocenters. The molecule has 0 saturated heterocycles. The number of hydrogen-bond acceptors (Lipinski definition) is 3. The van der Waals surface area contributed by atoms with E-state index in [1.807, 2.05) is 0 Å². The third-order valence-electron chi connectivity index (χ3n) is 3.45. The first-order chi connectivity index (χ1) is 10.1. The minimum atomic E-state index is -0.240. The van der Waals surface area contributed by atoms with Gasteiger partial charge in [0.05, 0.1) is 5.33 Å². The molecule has 21 heavy (non-hydrogen) atoms. The molecule has 0 bridgehead atoms. The van der Waals surface area contributed by atoms with Gasteiger partial charge in [0, 0.05) is 32.3 Å². The van der Waals surface area contributed by atoms with Crippen molar-refractivity contribution in [1.82, 2.24) is 0 Å². The van der Waals surface area contributed by atoms with Crippen LogP contribution in [0.3, 0.4) is 0 Å². The largest absolute Gasteiger partial charge is 0.293 e. The van der Waals surface area contributed by atoms with E-state index in [1.54, 1.807) is 36.4 Å². The summed E-state index contributed by atoms with van der Waals surface area (Å²) in [7, 11) is 0. The number of carbonyl (C=O) groups is 3. The van der Waals surface area contributed by atoms with Crippen LogP contribution in [0.5, 0.6) is 0 Å². The van der Waals surface area contributed by atoms with Crippen LogP contribution in [0.15, 0.2) is 40.9 Å². The molecular formula is C16H8Br2O3. The van der Waals surface area contributed by atoms with Crippen molar-refractivity contribution in [3.63, 3.8) is 0 Å². The van der Waals surface area contributed by atoms with Crippen LogP contribution in [-0.4, -0.2) is 22.7 Å². The minimum Gasteiger partial charge on any atom is -0.293 e. The van der Waals surface area contributed by atoms with Crippen molar-refractivity contribution in [2.24, 2.45) is 0 Å². The number of Topliss-reactive ketones (excluding diaryl/α,β-unsaturated/α-hetero) is 1. The molecule has 5 heteroatoms. The first kappa shape index (κ1) is 14.4. The van der Waals surface area contributed by atoms with E-state index < -0.39 is 0 Å². The van der Waals surface area contributed by atoms with Crippen LogP contribution in [-0.2, 0) is 0 Å². The van der Waals surface area contributed by atoms with Gasteiger partial charge in [-0.3, -0.25) is 14.4 Å². The minimum absolute atomic E-state index is 0.149. The van der Waals surface area contributed by atoms with Gasteiger partial charge >= 0.3 is 0 Å². The van der Waals surface area contributed by atoms with Crippen molar-refractivity contribution in [3.05, 3.63) is 68.7 Å². The zero-order valence-corrected chi connectivity index (χ0v) is 13.8. The van der Waals surface area contributed by atoms with Crippen LogP contribution >= 0.6 is 31.9 Å². The first-order valence-corrected chi connectivity index (χ1v) is 8.07. The van der Waals surface area contributed by atoms with Gasteiger partial charge in [0.25, 0.3) is 0 Å². The van der Waals surface area contributed by atoms with Gasteiger partial charge in [0.2, 0.25) is 0 Å². The highest BCUT2D eigenvalue weighted by atomic mass is 79.9. The average Bonchev–Trinajstić information content (AvgIpc) is 2.51. The molecule has 0 unspecified atom stereocenters. The highest BCUT2D eigenvalue weighted by Crippen LogP contribution is 2.34. The maximum atomic E-state index is 12.6. The molecule has 1 aliphatic carbocycles. The van der Waals surface area contributed by atoms with Crippen LogP contribution in [0.2, 0.25) is 0 Å². The zero-order valence-electron chi connectivity index (χ0n) is 10.7. The van der Waals surface area contributed by atoms with Crippen molar-refractivity contribution < 1.29 is 14.4 Å². The van der Waals surface area contributed by atoms with Gasteiger partial charge in [-0.15, -0.1) is 0 Å². The molecule has 2 aromatic carbocycles. The van der Waals surface area contributed by atoms with E-state index in [0.717, 1.165) is 0 Å². The Balaban J connectivity index is 2.29. The Kier molecular flexibility index (Phi) is 3.63.